The second-order valence-corrected chi connectivity index (χ2v) is 5.83. The molecule has 0 aliphatic carbocycles. The second kappa shape index (κ2) is 6.91. The molecule has 24 heavy (non-hydrogen) atoms. The molecule has 0 bridgehead atoms. The zero-order valence-corrected chi connectivity index (χ0v) is 13.5. The summed E-state index contributed by atoms with van der Waals surface area (Å²) < 4.78 is 20.0. The highest BCUT2D eigenvalue weighted by Gasteiger charge is 2.25. The third-order valence-corrected chi connectivity index (χ3v) is 3.58. The first-order chi connectivity index (χ1) is 11.5. The summed E-state index contributed by atoms with van der Waals surface area (Å²) >= 11 is 0. The molecule has 8 nitrogen and oxygen atoms in total. The molecule has 2 atom stereocenters. The highest BCUT2D eigenvalue weighted by atomic mass is 19.1. The van der Waals surface area contributed by atoms with Crippen LogP contribution in [-0.2, 0) is 16.1 Å². The highest BCUT2D eigenvalue weighted by Crippen LogP contribution is 2.13. The lowest BCUT2D eigenvalue weighted by atomic mass is 10.2. The first-order valence-electron chi connectivity index (χ1n) is 7.70. The van der Waals surface area contributed by atoms with Gasteiger partial charge in [-0.2, -0.15) is 5.10 Å². The van der Waals surface area contributed by atoms with E-state index in [2.05, 4.69) is 20.4 Å². The van der Waals surface area contributed by atoms with Gasteiger partial charge in [-0.1, -0.05) is 0 Å². The number of nitrogens with one attached hydrogen (secondary N) is 1. The Morgan fingerprint density at radius 1 is 1.29 bits per heavy atom. The smallest absolute Gasteiger partial charge is 0.244 e. The molecular formula is C15H19FN6O2. The van der Waals surface area contributed by atoms with Crippen LogP contribution in [-0.4, -0.2) is 55.9 Å². The van der Waals surface area contributed by atoms with Crippen molar-refractivity contribution in [3.8, 4) is 0 Å². The van der Waals surface area contributed by atoms with Crippen molar-refractivity contribution in [3.63, 3.8) is 0 Å². The number of halogens is 1. The van der Waals surface area contributed by atoms with Gasteiger partial charge >= 0.3 is 0 Å². The molecule has 9 heteroatoms. The van der Waals surface area contributed by atoms with Crippen molar-refractivity contribution in [1.29, 1.82) is 0 Å². The quantitative estimate of drug-likeness (QED) is 0.904. The van der Waals surface area contributed by atoms with Gasteiger partial charge in [0.2, 0.25) is 11.9 Å². The maximum absolute atomic E-state index is 12.8. The Bertz CT molecular complexity index is 694. The molecule has 3 rings (SSSR count). The molecule has 3 heterocycles. The van der Waals surface area contributed by atoms with E-state index in [1.165, 1.54) is 0 Å². The largest absolute Gasteiger partial charge is 0.372 e. The van der Waals surface area contributed by atoms with Crippen LogP contribution < -0.4 is 5.32 Å². The molecule has 1 saturated heterocycles. The molecule has 1 aliphatic heterocycles. The van der Waals surface area contributed by atoms with Crippen LogP contribution in [0.4, 0.5) is 16.0 Å². The number of rotatable bonds is 4. The molecule has 1 fully saturated rings. The van der Waals surface area contributed by atoms with E-state index in [-0.39, 0.29) is 30.6 Å². The minimum absolute atomic E-state index is 0.00955. The van der Waals surface area contributed by atoms with Crippen molar-refractivity contribution in [3.05, 3.63) is 30.6 Å². The molecule has 0 unspecified atom stereocenters. The van der Waals surface area contributed by atoms with Crippen LogP contribution in [0.15, 0.2) is 24.8 Å². The van der Waals surface area contributed by atoms with E-state index in [0.717, 1.165) is 12.4 Å². The lowest BCUT2D eigenvalue weighted by Gasteiger charge is -2.35. The number of hydrogen-bond donors (Lipinski definition) is 1. The van der Waals surface area contributed by atoms with E-state index in [9.17, 15) is 9.18 Å². The Morgan fingerprint density at radius 3 is 2.62 bits per heavy atom. The van der Waals surface area contributed by atoms with Crippen molar-refractivity contribution in [2.75, 3.05) is 18.4 Å². The van der Waals surface area contributed by atoms with Gasteiger partial charge in [0.15, 0.2) is 5.82 Å². The monoisotopic (exact) mass is 334 g/mol. The van der Waals surface area contributed by atoms with Crippen molar-refractivity contribution in [2.45, 2.75) is 32.6 Å². The summed E-state index contributed by atoms with van der Waals surface area (Å²) in [6, 6.07) is 0. The van der Waals surface area contributed by atoms with E-state index in [1.54, 1.807) is 22.0 Å². The van der Waals surface area contributed by atoms with Gasteiger partial charge in [0.05, 0.1) is 36.5 Å². The fraction of sp³-hybridized carbons (Fsp3) is 0.467. The van der Waals surface area contributed by atoms with Crippen molar-refractivity contribution < 1.29 is 13.9 Å². The summed E-state index contributed by atoms with van der Waals surface area (Å²) in [4.78, 5) is 21.8. The summed E-state index contributed by atoms with van der Waals surface area (Å²) in [5, 5.41) is 7.05. The standard InChI is InChI=1S/C15H19FN6O2/c1-10-6-21(7-11(2)24-10)14(23)9-22-8-13(5-19-22)20-15-17-3-12(16)4-18-15/h3-5,8,10-11H,6-7,9H2,1-2H3,(H,17,18,20)/t10-,11+. The molecule has 1 amide bonds. The number of aromatic nitrogens is 4. The number of carbonyl (C=O) groups excluding carboxylic acids is 1. The molecular weight excluding hydrogens is 315 g/mol. The molecule has 0 radical (unpaired) electrons. The Morgan fingerprint density at radius 2 is 1.96 bits per heavy atom. The highest BCUT2D eigenvalue weighted by molar-refractivity contribution is 5.76. The average Bonchev–Trinajstić information content (AvgIpc) is 2.95. The molecule has 128 valence electrons. The van der Waals surface area contributed by atoms with Crippen LogP contribution >= 0.6 is 0 Å². The number of nitrogens with zero attached hydrogens (tertiary/aromatic N) is 5. The van der Waals surface area contributed by atoms with Gasteiger partial charge < -0.3 is 15.0 Å². The first kappa shape index (κ1) is 16.3. The summed E-state index contributed by atoms with van der Waals surface area (Å²) in [6.07, 6.45) is 5.45. The van der Waals surface area contributed by atoms with E-state index in [4.69, 9.17) is 4.74 Å². The number of amides is 1. The Labute approximate surface area is 138 Å². The van der Waals surface area contributed by atoms with Crippen LogP contribution in [0.25, 0.3) is 0 Å². The van der Waals surface area contributed by atoms with Crippen LogP contribution in [0.2, 0.25) is 0 Å². The van der Waals surface area contributed by atoms with Gasteiger partial charge in [0.25, 0.3) is 0 Å². The molecule has 2 aromatic rings. The maximum atomic E-state index is 12.8. The maximum Gasteiger partial charge on any atom is 0.244 e. The Kier molecular flexibility index (Phi) is 4.70. The number of carbonyl (C=O) groups is 1. The number of morpholine rings is 1. The lowest BCUT2D eigenvalue weighted by molar-refractivity contribution is -0.144. The zero-order chi connectivity index (χ0) is 17.1. The number of hydrogen-bond acceptors (Lipinski definition) is 6. The van der Waals surface area contributed by atoms with E-state index < -0.39 is 5.82 Å². The number of anilines is 2. The van der Waals surface area contributed by atoms with Crippen LogP contribution in [0.5, 0.6) is 0 Å². The van der Waals surface area contributed by atoms with Crippen LogP contribution in [0, 0.1) is 5.82 Å². The fourth-order valence-electron chi connectivity index (χ4n) is 2.64. The summed E-state index contributed by atoms with van der Waals surface area (Å²) in [6.45, 7) is 5.21. The fourth-order valence-corrected chi connectivity index (χ4v) is 2.64. The minimum atomic E-state index is -0.504. The van der Waals surface area contributed by atoms with Crippen molar-refractivity contribution in [1.82, 2.24) is 24.6 Å². The number of ether oxygens (including phenoxy) is 1. The Hall–Kier alpha value is -2.55. The topological polar surface area (TPSA) is 85.2 Å². The van der Waals surface area contributed by atoms with Crippen molar-refractivity contribution >= 4 is 17.5 Å². The minimum Gasteiger partial charge on any atom is -0.372 e. The Balaban J connectivity index is 1.59. The molecule has 0 saturated carbocycles. The first-order valence-corrected chi connectivity index (χ1v) is 7.70. The third-order valence-electron chi connectivity index (χ3n) is 3.58. The second-order valence-electron chi connectivity index (χ2n) is 5.83. The lowest BCUT2D eigenvalue weighted by Crippen LogP contribution is -2.49. The zero-order valence-electron chi connectivity index (χ0n) is 13.5. The normalized spacial score (nSPS) is 20.9. The SMILES string of the molecule is C[C@@H]1CN(C(=O)Cn2cc(Nc3ncc(F)cn3)cn2)C[C@H](C)O1. The van der Waals surface area contributed by atoms with Crippen LogP contribution in [0.1, 0.15) is 13.8 Å². The average molecular weight is 334 g/mol. The predicted molar refractivity (Wildman–Crippen MR) is 84.1 cm³/mol. The van der Waals surface area contributed by atoms with E-state index >= 15 is 0 Å². The van der Waals surface area contributed by atoms with Crippen molar-refractivity contribution in [2.24, 2.45) is 0 Å². The van der Waals surface area contributed by atoms with Crippen LogP contribution in [0.3, 0.4) is 0 Å². The van der Waals surface area contributed by atoms with Gasteiger partial charge in [-0.25, -0.2) is 14.4 Å². The van der Waals surface area contributed by atoms with Gasteiger partial charge in [0, 0.05) is 19.3 Å². The van der Waals surface area contributed by atoms with Gasteiger partial charge in [-0.05, 0) is 13.8 Å². The molecule has 1 aliphatic rings. The van der Waals surface area contributed by atoms with Gasteiger partial charge in [-0.3, -0.25) is 9.48 Å². The molecule has 0 spiro atoms. The predicted octanol–water partition coefficient (Wildman–Crippen LogP) is 1.19. The summed E-state index contributed by atoms with van der Waals surface area (Å²) in [5.74, 6) is -0.251. The third kappa shape index (κ3) is 4.05. The van der Waals surface area contributed by atoms with Gasteiger partial charge in [-0.15, -0.1) is 0 Å². The van der Waals surface area contributed by atoms with E-state index in [0.29, 0.717) is 18.8 Å². The molecule has 2 aromatic heterocycles. The van der Waals surface area contributed by atoms with Gasteiger partial charge in [0.1, 0.15) is 6.54 Å². The van der Waals surface area contributed by atoms with E-state index in [1.807, 2.05) is 13.8 Å². The summed E-state index contributed by atoms with van der Waals surface area (Å²) in [7, 11) is 0. The summed E-state index contributed by atoms with van der Waals surface area (Å²) in [5.41, 5.74) is 0.623. The molecule has 1 N–H and O–H groups in total. The molecule has 0 aromatic carbocycles.